The summed E-state index contributed by atoms with van der Waals surface area (Å²) in [6, 6.07) is 16.3. The van der Waals surface area contributed by atoms with Crippen LogP contribution >= 0.6 is 0 Å². The van der Waals surface area contributed by atoms with E-state index < -0.39 is 5.91 Å². The molecule has 0 unspecified atom stereocenters. The highest BCUT2D eigenvalue weighted by atomic mass is 16.3. The molecule has 0 radical (unpaired) electrons. The fourth-order valence-electron chi connectivity index (χ4n) is 2.92. The predicted molar refractivity (Wildman–Crippen MR) is 104 cm³/mol. The molecule has 7 nitrogen and oxygen atoms in total. The van der Waals surface area contributed by atoms with Gasteiger partial charge in [0, 0.05) is 11.9 Å². The van der Waals surface area contributed by atoms with E-state index in [4.69, 9.17) is 4.42 Å². The fourth-order valence-corrected chi connectivity index (χ4v) is 2.92. The second-order valence-electron chi connectivity index (χ2n) is 6.27. The zero-order valence-corrected chi connectivity index (χ0v) is 15.2. The molecule has 0 saturated carbocycles. The van der Waals surface area contributed by atoms with Crippen LogP contribution in [-0.4, -0.2) is 21.2 Å². The molecule has 2 N–H and O–H groups in total. The maximum Gasteiger partial charge on any atom is 0.288 e. The number of nitrogens with zero attached hydrogens (tertiary/aromatic N) is 2. The summed E-state index contributed by atoms with van der Waals surface area (Å²) >= 11 is 0. The summed E-state index contributed by atoms with van der Waals surface area (Å²) in [7, 11) is 0. The molecule has 0 aliphatic heterocycles. The lowest BCUT2D eigenvalue weighted by atomic mass is 10.2. The van der Waals surface area contributed by atoms with Crippen molar-refractivity contribution in [3.63, 3.8) is 0 Å². The largest absolute Gasteiger partial charge is 0.467 e. The number of nitrogens with one attached hydrogen (secondary N) is 2. The molecular weight excluding hydrogens is 356 g/mol. The van der Waals surface area contributed by atoms with Gasteiger partial charge in [0.05, 0.1) is 18.3 Å². The van der Waals surface area contributed by atoms with Crippen LogP contribution in [0, 0.1) is 6.92 Å². The van der Waals surface area contributed by atoms with Gasteiger partial charge in [-0.25, -0.2) is 4.98 Å². The van der Waals surface area contributed by atoms with E-state index in [0.717, 1.165) is 5.56 Å². The molecule has 0 spiro atoms. The van der Waals surface area contributed by atoms with Crippen molar-refractivity contribution in [3.05, 3.63) is 89.9 Å². The lowest BCUT2D eigenvalue weighted by Gasteiger charge is -2.06. The van der Waals surface area contributed by atoms with Crippen molar-refractivity contribution in [2.75, 3.05) is 5.32 Å². The van der Waals surface area contributed by atoms with E-state index in [1.54, 1.807) is 47.2 Å². The Kier molecular flexibility index (Phi) is 4.63. The van der Waals surface area contributed by atoms with Crippen LogP contribution in [0.3, 0.4) is 0 Å². The quantitative estimate of drug-likeness (QED) is 0.560. The average molecular weight is 374 g/mol. The van der Waals surface area contributed by atoms with E-state index in [1.165, 1.54) is 0 Å². The van der Waals surface area contributed by atoms with Gasteiger partial charge in [-0.1, -0.05) is 24.3 Å². The van der Waals surface area contributed by atoms with E-state index >= 15 is 0 Å². The highest BCUT2D eigenvalue weighted by Gasteiger charge is 2.21. The highest BCUT2D eigenvalue weighted by molar-refractivity contribution is 6.09. The number of amides is 2. The molecule has 2 amide bonds. The van der Waals surface area contributed by atoms with Gasteiger partial charge in [-0.2, -0.15) is 0 Å². The maximum atomic E-state index is 12.8. The first kappa shape index (κ1) is 17.5. The van der Waals surface area contributed by atoms with E-state index in [0.29, 0.717) is 17.0 Å². The molecule has 140 valence electrons. The summed E-state index contributed by atoms with van der Waals surface area (Å²) in [4.78, 5) is 29.8. The summed E-state index contributed by atoms with van der Waals surface area (Å²) in [6.45, 7) is 2.15. The van der Waals surface area contributed by atoms with Crippen molar-refractivity contribution in [3.8, 4) is 0 Å². The number of carbonyl (C=O) groups excluding carboxylic acids is 2. The smallest absolute Gasteiger partial charge is 0.288 e. The monoisotopic (exact) mass is 374 g/mol. The first-order valence-electron chi connectivity index (χ1n) is 8.78. The third kappa shape index (κ3) is 3.37. The van der Waals surface area contributed by atoms with Gasteiger partial charge in [0.15, 0.2) is 5.69 Å². The molecule has 0 aliphatic carbocycles. The molecule has 3 heterocycles. The number of benzene rings is 1. The molecule has 0 atom stereocenters. The molecule has 0 bridgehead atoms. The Morgan fingerprint density at radius 3 is 2.64 bits per heavy atom. The molecule has 0 saturated heterocycles. The van der Waals surface area contributed by atoms with Crippen molar-refractivity contribution in [1.82, 2.24) is 14.7 Å². The number of rotatable bonds is 5. The maximum absolute atomic E-state index is 12.8. The van der Waals surface area contributed by atoms with Crippen molar-refractivity contribution in [1.29, 1.82) is 0 Å². The van der Waals surface area contributed by atoms with Crippen molar-refractivity contribution in [2.45, 2.75) is 13.5 Å². The van der Waals surface area contributed by atoms with Gasteiger partial charge in [-0.05, 0) is 42.8 Å². The third-order valence-electron chi connectivity index (χ3n) is 4.36. The van der Waals surface area contributed by atoms with Gasteiger partial charge < -0.3 is 15.1 Å². The van der Waals surface area contributed by atoms with Crippen LogP contribution < -0.4 is 10.6 Å². The first-order valence-corrected chi connectivity index (χ1v) is 8.78. The zero-order valence-electron chi connectivity index (χ0n) is 15.2. The van der Waals surface area contributed by atoms with Crippen LogP contribution in [0.25, 0.3) is 5.52 Å². The minimum Gasteiger partial charge on any atom is -0.467 e. The Hall–Kier alpha value is -3.87. The molecule has 3 aromatic heterocycles. The Morgan fingerprint density at radius 1 is 1.04 bits per heavy atom. The number of fused-ring (bicyclic) bond motifs is 1. The Bertz CT molecular complexity index is 1150. The predicted octanol–water partition coefficient (Wildman–Crippen LogP) is 3.42. The number of aryl methyl sites for hydroxylation is 1. The average Bonchev–Trinajstić information content (AvgIpc) is 3.36. The number of furan rings is 1. The number of para-hydroxylation sites is 1. The lowest BCUT2D eigenvalue weighted by Crippen LogP contribution is -2.25. The van der Waals surface area contributed by atoms with Gasteiger partial charge in [0.25, 0.3) is 11.8 Å². The van der Waals surface area contributed by atoms with Crippen LogP contribution in [-0.2, 0) is 6.54 Å². The minimum atomic E-state index is -0.396. The summed E-state index contributed by atoms with van der Waals surface area (Å²) < 4.78 is 6.82. The summed E-state index contributed by atoms with van der Waals surface area (Å²) in [5.41, 5.74) is 2.38. The minimum absolute atomic E-state index is 0.136. The number of aromatic nitrogens is 2. The van der Waals surface area contributed by atoms with E-state index in [1.807, 2.05) is 31.2 Å². The molecule has 1 aromatic carbocycles. The second kappa shape index (κ2) is 7.40. The zero-order chi connectivity index (χ0) is 19.5. The molecule has 0 aliphatic rings. The third-order valence-corrected chi connectivity index (χ3v) is 4.36. The van der Waals surface area contributed by atoms with Crippen molar-refractivity contribution < 1.29 is 14.0 Å². The highest BCUT2D eigenvalue weighted by Crippen LogP contribution is 2.18. The van der Waals surface area contributed by atoms with Crippen molar-refractivity contribution >= 4 is 23.0 Å². The normalized spacial score (nSPS) is 10.8. The SMILES string of the molecule is Cc1ccccc1NC(=O)c1nc(C(=O)NCc2ccco2)n2ccccc12. The standard InChI is InChI=1S/C21H18N4O3/c1-14-7-2-3-9-16(14)23-20(26)18-17-10-4-5-11-25(17)19(24-18)21(27)22-13-15-8-6-12-28-15/h2-12H,13H2,1H3,(H,22,27)(H,23,26). The van der Waals surface area contributed by atoms with Gasteiger partial charge >= 0.3 is 0 Å². The molecule has 4 aromatic rings. The van der Waals surface area contributed by atoms with Crippen LogP contribution in [0.2, 0.25) is 0 Å². The van der Waals surface area contributed by atoms with Crippen LogP contribution in [0.5, 0.6) is 0 Å². The molecule has 7 heteroatoms. The van der Waals surface area contributed by atoms with E-state index in [-0.39, 0.29) is 24.0 Å². The topological polar surface area (TPSA) is 88.6 Å². The molecule has 28 heavy (non-hydrogen) atoms. The summed E-state index contributed by atoms with van der Waals surface area (Å²) in [5.74, 6) is -0.000512. The van der Waals surface area contributed by atoms with Gasteiger partial charge in [-0.3, -0.25) is 14.0 Å². The number of pyridine rings is 1. The molecule has 4 rings (SSSR count). The Balaban J connectivity index is 1.63. The fraction of sp³-hybridized carbons (Fsp3) is 0.0952. The Morgan fingerprint density at radius 2 is 1.86 bits per heavy atom. The van der Waals surface area contributed by atoms with Gasteiger partial charge in [0.1, 0.15) is 5.76 Å². The number of hydrogen-bond donors (Lipinski definition) is 2. The van der Waals surface area contributed by atoms with Gasteiger partial charge in [-0.15, -0.1) is 0 Å². The van der Waals surface area contributed by atoms with E-state index in [9.17, 15) is 9.59 Å². The van der Waals surface area contributed by atoms with Crippen molar-refractivity contribution in [2.24, 2.45) is 0 Å². The first-order chi connectivity index (χ1) is 13.6. The van der Waals surface area contributed by atoms with E-state index in [2.05, 4.69) is 15.6 Å². The van der Waals surface area contributed by atoms with Gasteiger partial charge in [0.2, 0.25) is 5.82 Å². The lowest BCUT2D eigenvalue weighted by molar-refractivity contribution is 0.0937. The van der Waals surface area contributed by atoms with Crippen LogP contribution in [0.1, 0.15) is 32.4 Å². The number of anilines is 1. The summed E-state index contributed by atoms with van der Waals surface area (Å²) in [5, 5.41) is 5.62. The molecule has 0 fully saturated rings. The molecular formula is C21H18N4O3. The van der Waals surface area contributed by atoms with Crippen LogP contribution in [0.4, 0.5) is 5.69 Å². The number of imidazole rings is 1. The number of carbonyl (C=O) groups is 2. The second-order valence-corrected chi connectivity index (χ2v) is 6.27. The number of hydrogen-bond acceptors (Lipinski definition) is 4. The van der Waals surface area contributed by atoms with Crippen LogP contribution in [0.15, 0.2) is 71.5 Å². The summed E-state index contributed by atoms with van der Waals surface area (Å²) in [6.07, 6.45) is 3.25. The Labute approximate surface area is 161 Å².